The second-order valence-electron chi connectivity index (χ2n) is 4.79. The number of hydrogen-bond acceptors (Lipinski definition) is 4. The fourth-order valence-corrected chi connectivity index (χ4v) is 2.32. The summed E-state index contributed by atoms with van der Waals surface area (Å²) < 4.78 is 10.4. The molecular weight excluding hydrogens is 230 g/mol. The van der Waals surface area contributed by atoms with Crippen LogP contribution in [0.2, 0.25) is 0 Å². The number of furan rings is 1. The molecule has 1 aromatic rings. The van der Waals surface area contributed by atoms with Crippen LogP contribution < -0.4 is 5.32 Å². The maximum atomic E-state index is 11.5. The van der Waals surface area contributed by atoms with Crippen LogP contribution >= 0.6 is 0 Å². The molecule has 100 valence electrons. The van der Waals surface area contributed by atoms with Gasteiger partial charge in [0, 0.05) is 6.61 Å². The molecule has 1 N–H and O–H groups in total. The van der Waals surface area contributed by atoms with Crippen molar-refractivity contribution in [3.05, 3.63) is 24.2 Å². The Hall–Kier alpha value is -1.13. The van der Waals surface area contributed by atoms with E-state index < -0.39 is 0 Å². The SMILES string of the molecule is O=C(COCCCC1CCNCC1)c1ccco1. The van der Waals surface area contributed by atoms with Crippen LogP contribution in [0.1, 0.15) is 36.2 Å². The van der Waals surface area contributed by atoms with E-state index in [2.05, 4.69) is 5.32 Å². The molecule has 0 radical (unpaired) electrons. The molecule has 2 rings (SSSR count). The summed E-state index contributed by atoms with van der Waals surface area (Å²) >= 11 is 0. The molecule has 18 heavy (non-hydrogen) atoms. The summed E-state index contributed by atoms with van der Waals surface area (Å²) in [6, 6.07) is 3.38. The molecule has 0 spiro atoms. The highest BCUT2D eigenvalue weighted by Gasteiger charge is 2.12. The first kappa shape index (κ1) is 13.3. The molecule has 0 saturated carbocycles. The Morgan fingerprint density at radius 3 is 3.00 bits per heavy atom. The molecule has 1 fully saturated rings. The van der Waals surface area contributed by atoms with Crippen molar-refractivity contribution in [2.24, 2.45) is 5.92 Å². The lowest BCUT2D eigenvalue weighted by molar-refractivity contribution is 0.0718. The molecule has 1 saturated heterocycles. The first-order chi connectivity index (χ1) is 8.86. The van der Waals surface area contributed by atoms with E-state index in [0.29, 0.717) is 12.4 Å². The number of nitrogens with one attached hydrogen (secondary N) is 1. The van der Waals surface area contributed by atoms with E-state index in [9.17, 15) is 4.79 Å². The Balaban J connectivity index is 1.52. The van der Waals surface area contributed by atoms with Crippen molar-refractivity contribution in [2.75, 3.05) is 26.3 Å². The number of piperidine rings is 1. The van der Waals surface area contributed by atoms with Crippen LogP contribution in [0.3, 0.4) is 0 Å². The van der Waals surface area contributed by atoms with Gasteiger partial charge in [-0.15, -0.1) is 0 Å². The molecule has 1 aliphatic heterocycles. The Morgan fingerprint density at radius 1 is 1.44 bits per heavy atom. The van der Waals surface area contributed by atoms with E-state index in [1.807, 2.05) is 0 Å². The Morgan fingerprint density at radius 2 is 2.28 bits per heavy atom. The van der Waals surface area contributed by atoms with Gasteiger partial charge in [0.25, 0.3) is 0 Å². The Kier molecular flexibility index (Phi) is 5.42. The molecule has 4 nitrogen and oxygen atoms in total. The quantitative estimate of drug-likeness (QED) is 0.596. The molecular formula is C14H21NO3. The van der Waals surface area contributed by atoms with Gasteiger partial charge < -0.3 is 14.5 Å². The van der Waals surface area contributed by atoms with E-state index >= 15 is 0 Å². The predicted molar refractivity (Wildman–Crippen MR) is 68.7 cm³/mol. The van der Waals surface area contributed by atoms with Gasteiger partial charge in [-0.2, -0.15) is 0 Å². The van der Waals surface area contributed by atoms with Crippen molar-refractivity contribution >= 4 is 5.78 Å². The van der Waals surface area contributed by atoms with Crippen LogP contribution in [-0.4, -0.2) is 32.1 Å². The van der Waals surface area contributed by atoms with E-state index in [0.717, 1.165) is 25.4 Å². The number of carbonyl (C=O) groups is 1. The zero-order valence-corrected chi connectivity index (χ0v) is 10.7. The van der Waals surface area contributed by atoms with Crippen molar-refractivity contribution in [1.82, 2.24) is 5.32 Å². The van der Waals surface area contributed by atoms with Gasteiger partial charge in [-0.3, -0.25) is 4.79 Å². The minimum atomic E-state index is -0.0816. The highest BCUT2D eigenvalue weighted by Crippen LogP contribution is 2.17. The number of ether oxygens (including phenoxy) is 1. The number of rotatable bonds is 7. The summed E-state index contributed by atoms with van der Waals surface area (Å²) in [5.74, 6) is 1.13. The van der Waals surface area contributed by atoms with Gasteiger partial charge >= 0.3 is 0 Å². The normalized spacial score (nSPS) is 16.9. The maximum Gasteiger partial charge on any atom is 0.223 e. The molecule has 0 bridgehead atoms. The van der Waals surface area contributed by atoms with Crippen molar-refractivity contribution < 1.29 is 13.9 Å². The van der Waals surface area contributed by atoms with Crippen molar-refractivity contribution in [3.8, 4) is 0 Å². The highest BCUT2D eigenvalue weighted by atomic mass is 16.5. The summed E-state index contributed by atoms with van der Waals surface area (Å²) in [6.45, 7) is 3.07. The third kappa shape index (κ3) is 4.27. The van der Waals surface area contributed by atoms with Crippen molar-refractivity contribution in [2.45, 2.75) is 25.7 Å². The topological polar surface area (TPSA) is 51.5 Å². The van der Waals surface area contributed by atoms with Crippen LogP contribution in [0, 0.1) is 5.92 Å². The van der Waals surface area contributed by atoms with Gasteiger partial charge in [-0.1, -0.05) is 0 Å². The summed E-state index contributed by atoms with van der Waals surface area (Å²) in [4.78, 5) is 11.5. The van der Waals surface area contributed by atoms with Gasteiger partial charge in [0.15, 0.2) is 5.76 Å². The fourth-order valence-electron chi connectivity index (χ4n) is 2.32. The van der Waals surface area contributed by atoms with Crippen LogP contribution in [0.15, 0.2) is 22.8 Å². The zero-order valence-electron chi connectivity index (χ0n) is 10.7. The summed E-state index contributed by atoms with van der Waals surface area (Å²) in [5.41, 5.74) is 0. The third-order valence-electron chi connectivity index (χ3n) is 3.39. The second-order valence-corrected chi connectivity index (χ2v) is 4.79. The number of carbonyl (C=O) groups excluding carboxylic acids is 1. The van der Waals surface area contributed by atoms with Crippen molar-refractivity contribution in [3.63, 3.8) is 0 Å². The zero-order chi connectivity index (χ0) is 12.6. The smallest absolute Gasteiger partial charge is 0.223 e. The van der Waals surface area contributed by atoms with Gasteiger partial charge in [-0.05, 0) is 56.8 Å². The minimum Gasteiger partial charge on any atom is -0.461 e. The Labute approximate surface area is 108 Å². The number of ketones is 1. The third-order valence-corrected chi connectivity index (χ3v) is 3.39. The van der Waals surface area contributed by atoms with Crippen LogP contribution in [0.4, 0.5) is 0 Å². The minimum absolute atomic E-state index is 0.0816. The van der Waals surface area contributed by atoms with Gasteiger partial charge in [-0.25, -0.2) is 0 Å². The van der Waals surface area contributed by atoms with Crippen molar-refractivity contribution in [1.29, 1.82) is 0 Å². The van der Waals surface area contributed by atoms with Gasteiger partial charge in [0.1, 0.15) is 6.61 Å². The van der Waals surface area contributed by atoms with E-state index in [4.69, 9.17) is 9.15 Å². The molecule has 2 heterocycles. The lowest BCUT2D eigenvalue weighted by Gasteiger charge is -2.22. The van der Waals surface area contributed by atoms with Crippen LogP contribution in [0.25, 0.3) is 0 Å². The van der Waals surface area contributed by atoms with Gasteiger partial charge in [0.2, 0.25) is 5.78 Å². The number of hydrogen-bond donors (Lipinski definition) is 1. The Bertz CT molecular complexity index is 342. The monoisotopic (exact) mass is 251 g/mol. The summed E-state index contributed by atoms with van der Waals surface area (Å²) in [6.07, 6.45) is 6.29. The first-order valence-electron chi connectivity index (χ1n) is 6.71. The predicted octanol–water partition coefficient (Wildman–Crippen LogP) is 2.26. The van der Waals surface area contributed by atoms with Crippen LogP contribution in [-0.2, 0) is 4.74 Å². The molecule has 0 amide bonds. The molecule has 1 aromatic heterocycles. The lowest BCUT2D eigenvalue weighted by Crippen LogP contribution is -2.27. The average Bonchev–Trinajstić information content (AvgIpc) is 2.93. The van der Waals surface area contributed by atoms with Gasteiger partial charge in [0.05, 0.1) is 6.26 Å². The fraction of sp³-hybridized carbons (Fsp3) is 0.643. The van der Waals surface area contributed by atoms with E-state index in [1.54, 1.807) is 12.1 Å². The molecule has 0 atom stereocenters. The summed E-state index contributed by atoms with van der Waals surface area (Å²) in [7, 11) is 0. The maximum absolute atomic E-state index is 11.5. The van der Waals surface area contributed by atoms with Crippen LogP contribution in [0.5, 0.6) is 0 Å². The average molecular weight is 251 g/mol. The molecule has 0 unspecified atom stereocenters. The highest BCUT2D eigenvalue weighted by molar-refractivity contribution is 5.94. The largest absolute Gasteiger partial charge is 0.461 e. The lowest BCUT2D eigenvalue weighted by atomic mass is 9.93. The summed E-state index contributed by atoms with van der Waals surface area (Å²) in [5, 5.41) is 3.36. The number of Topliss-reactive ketones (excluding diaryl/α,β-unsaturated/α-hetero) is 1. The van der Waals surface area contributed by atoms with E-state index in [1.165, 1.54) is 25.5 Å². The standard InChI is InChI=1S/C14H21NO3/c16-13(14-4-2-10-18-14)11-17-9-1-3-12-5-7-15-8-6-12/h2,4,10,12,15H,1,3,5-9,11H2. The molecule has 0 aromatic carbocycles. The molecule has 0 aliphatic carbocycles. The molecule has 1 aliphatic rings. The van der Waals surface area contributed by atoms with E-state index in [-0.39, 0.29) is 12.4 Å². The molecule has 4 heteroatoms. The first-order valence-corrected chi connectivity index (χ1v) is 6.71. The second kappa shape index (κ2) is 7.34.